The Labute approximate surface area is 123 Å². The van der Waals surface area contributed by atoms with Crippen molar-refractivity contribution in [2.45, 2.75) is 51.7 Å². The van der Waals surface area contributed by atoms with Crippen molar-refractivity contribution in [2.24, 2.45) is 5.92 Å². The molecule has 2 fully saturated rings. The molecule has 0 amide bonds. The minimum atomic E-state index is 0.713. The summed E-state index contributed by atoms with van der Waals surface area (Å²) < 4.78 is 0. The van der Waals surface area contributed by atoms with Gasteiger partial charge in [-0.3, -0.25) is 9.80 Å². The number of nitrogens with zero attached hydrogens (tertiary/aromatic N) is 2. The van der Waals surface area contributed by atoms with Crippen LogP contribution in [0.3, 0.4) is 0 Å². The van der Waals surface area contributed by atoms with Gasteiger partial charge in [0, 0.05) is 31.7 Å². The van der Waals surface area contributed by atoms with Crippen molar-refractivity contribution >= 4 is 0 Å². The molecule has 0 N–H and O–H groups in total. The maximum atomic E-state index is 2.76. The molecule has 2 unspecified atom stereocenters. The van der Waals surface area contributed by atoms with E-state index < -0.39 is 0 Å². The molecule has 2 atom stereocenters. The van der Waals surface area contributed by atoms with Crippen LogP contribution in [0.4, 0.5) is 0 Å². The van der Waals surface area contributed by atoms with Gasteiger partial charge in [0.05, 0.1) is 0 Å². The Hall–Kier alpha value is -0.860. The summed E-state index contributed by atoms with van der Waals surface area (Å²) in [6.07, 6.45) is 4.22. The molecular formula is C18H28N2. The minimum absolute atomic E-state index is 0.713. The largest absolute Gasteiger partial charge is 0.298 e. The molecule has 110 valence electrons. The second kappa shape index (κ2) is 6.28. The number of rotatable bonds is 3. The van der Waals surface area contributed by atoms with E-state index in [1.165, 1.54) is 44.5 Å². The van der Waals surface area contributed by atoms with Gasteiger partial charge in [-0.25, -0.2) is 0 Å². The molecule has 0 aromatic heterocycles. The molecule has 20 heavy (non-hydrogen) atoms. The van der Waals surface area contributed by atoms with Crippen LogP contribution < -0.4 is 0 Å². The number of piperidine rings is 1. The van der Waals surface area contributed by atoms with Crippen LogP contribution in [0.25, 0.3) is 0 Å². The smallest absolute Gasteiger partial charge is 0.0250 e. The third-order valence-electron chi connectivity index (χ3n) is 5.08. The predicted octanol–water partition coefficient (Wildman–Crippen LogP) is 3.38. The Morgan fingerprint density at radius 3 is 2.65 bits per heavy atom. The van der Waals surface area contributed by atoms with Crippen molar-refractivity contribution in [3.63, 3.8) is 0 Å². The Bertz CT molecular complexity index is 415. The lowest BCUT2D eigenvalue weighted by Crippen LogP contribution is -2.60. The summed E-state index contributed by atoms with van der Waals surface area (Å²) >= 11 is 0. The molecule has 2 aliphatic rings. The minimum Gasteiger partial charge on any atom is -0.298 e. The fraction of sp³-hybridized carbons (Fsp3) is 0.667. The normalized spacial score (nSPS) is 28.6. The van der Waals surface area contributed by atoms with E-state index in [2.05, 4.69) is 54.0 Å². The molecule has 2 nitrogen and oxygen atoms in total. The van der Waals surface area contributed by atoms with Gasteiger partial charge in [0.25, 0.3) is 0 Å². The van der Waals surface area contributed by atoms with E-state index in [9.17, 15) is 0 Å². The van der Waals surface area contributed by atoms with Crippen molar-refractivity contribution in [1.82, 2.24) is 9.80 Å². The molecule has 0 spiro atoms. The van der Waals surface area contributed by atoms with E-state index >= 15 is 0 Å². The summed E-state index contributed by atoms with van der Waals surface area (Å²) in [4.78, 5) is 5.50. The van der Waals surface area contributed by atoms with Gasteiger partial charge in [-0.2, -0.15) is 0 Å². The third-order valence-corrected chi connectivity index (χ3v) is 5.08. The second-order valence-corrected chi connectivity index (χ2v) is 6.87. The van der Waals surface area contributed by atoms with Crippen molar-refractivity contribution < 1.29 is 0 Å². The van der Waals surface area contributed by atoms with Gasteiger partial charge < -0.3 is 0 Å². The number of fused-ring (bicyclic) bond motifs is 1. The Balaban J connectivity index is 1.72. The Morgan fingerprint density at radius 2 is 1.90 bits per heavy atom. The standard InChI is InChI=1S/C18H28N2/c1-15(2)18-14-19-11-7-6-10-17(19)13-20(18)12-16-8-4-3-5-9-16/h3-5,8-9,15,17-18H,6-7,10-14H2,1-2H3. The maximum absolute atomic E-state index is 2.76. The first-order chi connectivity index (χ1) is 9.74. The van der Waals surface area contributed by atoms with Crippen molar-refractivity contribution in [2.75, 3.05) is 19.6 Å². The van der Waals surface area contributed by atoms with E-state index in [1.54, 1.807) is 0 Å². The number of hydrogen-bond acceptors (Lipinski definition) is 2. The van der Waals surface area contributed by atoms with Gasteiger partial charge in [-0.15, -0.1) is 0 Å². The van der Waals surface area contributed by atoms with Crippen LogP contribution in [0.2, 0.25) is 0 Å². The summed E-state index contributed by atoms with van der Waals surface area (Å²) in [5.41, 5.74) is 1.46. The molecule has 0 radical (unpaired) electrons. The van der Waals surface area contributed by atoms with E-state index in [-0.39, 0.29) is 0 Å². The van der Waals surface area contributed by atoms with Crippen LogP contribution in [0.15, 0.2) is 30.3 Å². The van der Waals surface area contributed by atoms with Crippen LogP contribution in [-0.4, -0.2) is 41.5 Å². The lowest BCUT2D eigenvalue weighted by atomic mass is 9.91. The topological polar surface area (TPSA) is 6.48 Å². The number of benzene rings is 1. The fourth-order valence-corrected chi connectivity index (χ4v) is 3.90. The highest BCUT2D eigenvalue weighted by atomic mass is 15.3. The van der Waals surface area contributed by atoms with E-state index in [0.29, 0.717) is 6.04 Å². The molecule has 0 saturated carbocycles. The number of hydrogen-bond donors (Lipinski definition) is 0. The molecule has 2 aliphatic heterocycles. The molecule has 1 aromatic rings. The van der Waals surface area contributed by atoms with Gasteiger partial charge in [0.1, 0.15) is 0 Å². The van der Waals surface area contributed by atoms with E-state index in [1.807, 2.05) is 0 Å². The monoisotopic (exact) mass is 272 g/mol. The Kier molecular flexibility index (Phi) is 4.42. The van der Waals surface area contributed by atoms with Crippen LogP contribution in [0.5, 0.6) is 0 Å². The zero-order valence-corrected chi connectivity index (χ0v) is 13.0. The zero-order valence-electron chi connectivity index (χ0n) is 13.0. The van der Waals surface area contributed by atoms with Gasteiger partial charge in [-0.1, -0.05) is 50.6 Å². The molecule has 0 bridgehead atoms. The van der Waals surface area contributed by atoms with Gasteiger partial charge in [0.2, 0.25) is 0 Å². The van der Waals surface area contributed by atoms with Crippen LogP contribution in [-0.2, 0) is 6.54 Å². The van der Waals surface area contributed by atoms with Gasteiger partial charge in [0.15, 0.2) is 0 Å². The molecule has 2 heterocycles. The first kappa shape index (κ1) is 14.1. The third kappa shape index (κ3) is 3.07. The van der Waals surface area contributed by atoms with Crippen LogP contribution in [0, 0.1) is 5.92 Å². The first-order valence-corrected chi connectivity index (χ1v) is 8.26. The van der Waals surface area contributed by atoms with Crippen molar-refractivity contribution in [3.8, 4) is 0 Å². The maximum Gasteiger partial charge on any atom is 0.0250 e. The quantitative estimate of drug-likeness (QED) is 0.832. The summed E-state index contributed by atoms with van der Waals surface area (Å²) in [7, 11) is 0. The first-order valence-electron chi connectivity index (χ1n) is 8.26. The highest BCUT2D eigenvalue weighted by molar-refractivity contribution is 5.15. The zero-order chi connectivity index (χ0) is 13.9. The molecule has 2 heteroatoms. The fourth-order valence-electron chi connectivity index (χ4n) is 3.90. The SMILES string of the molecule is CC(C)C1CN2CCCCC2CN1Cc1ccccc1. The summed E-state index contributed by atoms with van der Waals surface area (Å²) in [5.74, 6) is 0.738. The lowest BCUT2D eigenvalue weighted by molar-refractivity contribution is -0.0118. The van der Waals surface area contributed by atoms with Crippen LogP contribution >= 0.6 is 0 Å². The molecule has 3 rings (SSSR count). The predicted molar refractivity (Wildman–Crippen MR) is 84.7 cm³/mol. The highest BCUT2D eigenvalue weighted by Gasteiger charge is 2.35. The van der Waals surface area contributed by atoms with Crippen molar-refractivity contribution in [3.05, 3.63) is 35.9 Å². The lowest BCUT2D eigenvalue weighted by Gasteiger charge is -2.50. The van der Waals surface area contributed by atoms with Gasteiger partial charge >= 0.3 is 0 Å². The molecule has 0 aliphatic carbocycles. The van der Waals surface area contributed by atoms with Crippen molar-refractivity contribution in [1.29, 1.82) is 0 Å². The molecular weight excluding hydrogens is 244 g/mol. The highest BCUT2D eigenvalue weighted by Crippen LogP contribution is 2.28. The average Bonchev–Trinajstić information content (AvgIpc) is 2.47. The summed E-state index contributed by atoms with van der Waals surface area (Å²) in [5, 5.41) is 0. The second-order valence-electron chi connectivity index (χ2n) is 6.87. The Morgan fingerprint density at radius 1 is 1.10 bits per heavy atom. The summed E-state index contributed by atoms with van der Waals surface area (Å²) in [6.45, 7) is 9.74. The molecule has 1 aromatic carbocycles. The van der Waals surface area contributed by atoms with E-state index in [4.69, 9.17) is 0 Å². The average molecular weight is 272 g/mol. The molecule has 2 saturated heterocycles. The van der Waals surface area contributed by atoms with Gasteiger partial charge in [-0.05, 0) is 30.9 Å². The number of piperazine rings is 1. The van der Waals surface area contributed by atoms with Crippen LogP contribution in [0.1, 0.15) is 38.7 Å². The van der Waals surface area contributed by atoms with E-state index in [0.717, 1.165) is 18.5 Å². The summed E-state index contributed by atoms with van der Waals surface area (Å²) in [6, 6.07) is 12.5.